The van der Waals surface area contributed by atoms with Crippen LogP contribution >= 0.6 is 0 Å². The van der Waals surface area contributed by atoms with Gasteiger partial charge in [-0.05, 0) is 36.6 Å². The van der Waals surface area contributed by atoms with Crippen LogP contribution in [0.4, 0.5) is 0 Å². The molecule has 0 radical (unpaired) electrons. The normalized spacial score (nSPS) is 11.6. The van der Waals surface area contributed by atoms with Crippen molar-refractivity contribution in [2.45, 2.75) is 33.0 Å². The van der Waals surface area contributed by atoms with E-state index < -0.39 is 6.10 Å². The Morgan fingerprint density at radius 1 is 0.815 bits per heavy atom. The maximum Gasteiger partial charge on any atom is 0.263 e. The van der Waals surface area contributed by atoms with Gasteiger partial charge in [-0.2, -0.15) is 0 Å². The summed E-state index contributed by atoms with van der Waals surface area (Å²) in [5, 5.41) is 0. The van der Waals surface area contributed by atoms with Crippen LogP contribution < -0.4 is 4.74 Å². The van der Waals surface area contributed by atoms with Crippen molar-refractivity contribution in [3.8, 4) is 5.75 Å². The summed E-state index contributed by atoms with van der Waals surface area (Å²) in [4.78, 5) is 15.0. The molecule has 0 saturated carbocycles. The highest BCUT2D eigenvalue weighted by atomic mass is 16.5. The maximum absolute atomic E-state index is 13.2. The van der Waals surface area contributed by atoms with E-state index in [4.69, 9.17) is 4.74 Å². The van der Waals surface area contributed by atoms with Gasteiger partial charge >= 0.3 is 0 Å². The number of carbonyl (C=O) groups excluding carboxylic acids is 1. The fraction of sp³-hybridized carbons (Fsp3) is 0.208. The minimum atomic E-state index is -0.557. The number of nitrogens with zero attached hydrogens (tertiary/aromatic N) is 1. The van der Waals surface area contributed by atoms with Gasteiger partial charge in [-0.15, -0.1) is 0 Å². The van der Waals surface area contributed by atoms with Crippen LogP contribution in [-0.2, 0) is 17.9 Å². The third-order valence-electron chi connectivity index (χ3n) is 4.49. The standard InChI is InChI=1S/C24H25NO2/c1-19-11-9-10-16-23(19)27-20(2)24(26)25(17-21-12-5-3-6-13-21)18-22-14-7-4-8-15-22/h3-16,20H,17-18H2,1-2H3/t20-/m1/s1. The van der Waals surface area contributed by atoms with Crippen molar-refractivity contribution in [2.24, 2.45) is 0 Å². The molecule has 0 aliphatic heterocycles. The van der Waals surface area contributed by atoms with E-state index in [1.54, 1.807) is 0 Å². The van der Waals surface area contributed by atoms with Crippen LogP contribution in [-0.4, -0.2) is 16.9 Å². The molecule has 0 spiro atoms. The molecule has 27 heavy (non-hydrogen) atoms. The summed E-state index contributed by atoms with van der Waals surface area (Å²) in [6.07, 6.45) is -0.557. The average molecular weight is 359 g/mol. The van der Waals surface area contributed by atoms with Crippen LogP contribution in [0.3, 0.4) is 0 Å². The first kappa shape index (κ1) is 18.7. The molecule has 0 N–H and O–H groups in total. The SMILES string of the molecule is Cc1ccccc1O[C@H](C)C(=O)N(Cc1ccccc1)Cc1ccccc1. The smallest absolute Gasteiger partial charge is 0.263 e. The predicted octanol–water partition coefficient (Wildman–Crippen LogP) is 4.99. The van der Waals surface area contributed by atoms with Gasteiger partial charge in [-0.3, -0.25) is 4.79 Å². The first-order chi connectivity index (χ1) is 13.1. The minimum Gasteiger partial charge on any atom is -0.481 e. The molecular weight excluding hydrogens is 334 g/mol. The highest BCUT2D eigenvalue weighted by Crippen LogP contribution is 2.19. The van der Waals surface area contributed by atoms with Crippen LogP contribution in [0.25, 0.3) is 0 Å². The van der Waals surface area contributed by atoms with E-state index in [1.165, 1.54) is 0 Å². The van der Waals surface area contributed by atoms with E-state index in [9.17, 15) is 4.79 Å². The Bertz CT molecular complexity index is 820. The second-order valence-corrected chi connectivity index (χ2v) is 6.69. The lowest BCUT2D eigenvalue weighted by Crippen LogP contribution is -2.39. The van der Waals surface area contributed by atoms with Crippen molar-refractivity contribution in [3.63, 3.8) is 0 Å². The third kappa shape index (κ3) is 5.20. The Hall–Kier alpha value is -3.07. The lowest BCUT2D eigenvalue weighted by Gasteiger charge is -2.27. The van der Waals surface area contributed by atoms with E-state index in [0.717, 1.165) is 22.4 Å². The van der Waals surface area contributed by atoms with E-state index >= 15 is 0 Å². The number of amides is 1. The number of aryl methyl sites for hydroxylation is 1. The van der Waals surface area contributed by atoms with E-state index in [2.05, 4.69) is 0 Å². The summed E-state index contributed by atoms with van der Waals surface area (Å²) < 4.78 is 5.97. The van der Waals surface area contributed by atoms with Gasteiger partial charge in [0, 0.05) is 13.1 Å². The molecular formula is C24H25NO2. The number of hydrogen-bond donors (Lipinski definition) is 0. The fourth-order valence-corrected chi connectivity index (χ4v) is 3.01. The molecule has 0 aliphatic carbocycles. The Morgan fingerprint density at radius 2 is 1.30 bits per heavy atom. The molecule has 0 saturated heterocycles. The number of carbonyl (C=O) groups is 1. The Morgan fingerprint density at radius 3 is 1.81 bits per heavy atom. The van der Waals surface area contributed by atoms with Crippen LogP contribution in [0.1, 0.15) is 23.6 Å². The quantitative estimate of drug-likeness (QED) is 0.595. The van der Waals surface area contributed by atoms with Gasteiger partial charge < -0.3 is 9.64 Å². The summed E-state index contributed by atoms with van der Waals surface area (Å²) in [6, 6.07) is 27.9. The van der Waals surface area contributed by atoms with Crippen LogP contribution in [0.2, 0.25) is 0 Å². The lowest BCUT2D eigenvalue weighted by atomic mass is 10.1. The number of hydrogen-bond acceptors (Lipinski definition) is 2. The zero-order chi connectivity index (χ0) is 19.1. The number of benzene rings is 3. The molecule has 0 unspecified atom stereocenters. The van der Waals surface area contributed by atoms with Crippen molar-refractivity contribution >= 4 is 5.91 Å². The average Bonchev–Trinajstić information content (AvgIpc) is 2.70. The molecule has 0 fully saturated rings. The second-order valence-electron chi connectivity index (χ2n) is 6.69. The minimum absolute atomic E-state index is 0.0223. The van der Waals surface area contributed by atoms with Crippen LogP contribution in [0.15, 0.2) is 84.9 Å². The second kappa shape index (κ2) is 9.04. The van der Waals surface area contributed by atoms with Crippen molar-refractivity contribution in [1.29, 1.82) is 0 Å². The number of rotatable bonds is 7. The van der Waals surface area contributed by atoms with E-state index in [-0.39, 0.29) is 5.91 Å². The molecule has 0 heterocycles. The van der Waals surface area contributed by atoms with Gasteiger partial charge in [0.1, 0.15) is 5.75 Å². The molecule has 3 rings (SSSR count). The molecule has 0 aliphatic rings. The molecule has 1 amide bonds. The molecule has 0 aromatic heterocycles. The van der Waals surface area contributed by atoms with Crippen molar-refractivity contribution in [3.05, 3.63) is 102 Å². The highest BCUT2D eigenvalue weighted by Gasteiger charge is 2.23. The molecule has 3 heteroatoms. The summed E-state index contributed by atoms with van der Waals surface area (Å²) in [5.74, 6) is 0.726. The zero-order valence-corrected chi connectivity index (χ0v) is 15.8. The zero-order valence-electron chi connectivity index (χ0n) is 15.8. The maximum atomic E-state index is 13.2. The number of para-hydroxylation sites is 1. The Kier molecular flexibility index (Phi) is 6.26. The predicted molar refractivity (Wildman–Crippen MR) is 108 cm³/mol. The largest absolute Gasteiger partial charge is 0.481 e. The Labute approximate surface area is 161 Å². The monoisotopic (exact) mass is 359 g/mol. The molecule has 3 aromatic carbocycles. The van der Waals surface area contributed by atoms with Crippen molar-refractivity contribution < 1.29 is 9.53 Å². The summed E-state index contributed by atoms with van der Waals surface area (Å²) in [7, 11) is 0. The molecule has 138 valence electrons. The van der Waals surface area contributed by atoms with Gasteiger partial charge in [0.25, 0.3) is 5.91 Å². The topological polar surface area (TPSA) is 29.5 Å². The summed E-state index contributed by atoms with van der Waals surface area (Å²) in [6.45, 7) is 4.90. The summed E-state index contributed by atoms with van der Waals surface area (Å²) in [5.41, 5.74) is 3.23. The highest BCUT2D eigenvalue weighted by molar-refractivity contribution is 5.81. The summed E-state index contributed by atoms with van der Waals surface area (Å²) >= 11 is 0. The van der Waals surface area contributed by atoms with Gasteiger partial charge in [0.05, 0.1) is 0 Å². The van der Waals surface area contributed by atoms with Gasteiger partial charge in [-0.25, -0.2) is 0 Å². The fourth-order valence-electron chi connectivity index (χ4n) is 3.01. The van der Waals surface area contributed by atoms with E-state index in [1.807, 2.05) is 104 Å². The first-order valence-electron chi connectivity index (χ1n) is 9.22. The van der Waals surface area contributed by atoms with Gasteiger partial charge in [0.2, 0.25) is 0 Å². The van der Waals surface area contributed by atoms with Crippen LogP contribution in [0, 0.1) is 6.92 Å². The van der Waals surface area contributed by atoms with Crippen molar-refractivity contribution in [2.75, 3.05) is 0 Å². The molecule has 3 aromatic rings. The Balaban J connectivity index is 1.77. The van der Waals surface area contributed by atoms with Gasteiger partial charge in [-0.1, -0.05) is 78.9 Å². The van der Waals surface area contributed by atoms with Crippen molar-refractivity contribution in [1.82, 2.24) is 4.90 Å². The molecule has 0 bridgehead atoms. The molecule has 1 atom stereocenters. The lowest BCUT2D eigenvalue weighted by molar-refractivity contribution is -0.139. The van der Waals surface area contributed by atoms with E-state index in [0.29, 0.717) is 13.1 Å². The number of ether oxygens (including phenoxy) is 1. The molecule has 3 nitrogen and oxygen atoms in total. The van der Waals surface area contributed by atoms with Gasteiger partial charge in [0.15, 0.2) is 6.10 Å². The first-order valence-corrected chi connectivity index (χ1v) is 9.22. The van der Waals surface area contributed by atoms with Crippen LogP contribution in [0.5, 0.6) is 5.75 Å². The third-order valence-corrected chi connectivity index (χ3v) is 4.49.